The smallest absolute Gasteiger partial charge is 0.0700 e. The maximum atomic E-state index is 9.42. The largest absolute Gasteiger partial charge is 0.394 e. The molecule has 5 nitrogen and oxygen atoms in total. The van der Waals surface area contributed by atoms with Gasteiger partial charge in [0, 0.05) is 32.5 Å². The molecule has 0 aliphatic heterocycles. The minimum atomic E-state index is -0.185. The first kappa shape index (κ1) is 19.8. The lowest BCUT2D eigenvalue weighted by molar-refractivity contribution is 0.0359. The molecule has 122 valence electrons. The molecule has 2 N–H and O–H groups in total. The van der Waals surface area contributed by atoms with Crippen LogP contribution in [0.25, 0.3) is 0 Å². The van der Waals surface area contributed by atoms with Crippen molar-refractivity contribution in [3.8, 4) is 0 Å². The van der Waals surface area contributed by atoms with Gasteiger partial charge in [0.25, 0.3) is 0 Å². The molecule has 0 spiro atoms. The fourth-order valence-electron chi connectivity index (χ4n) is 1.84. The van der Waals surface area contributed by atoms with E-state index in [1.54, 1.807) is 7.11 Å². The summed E-state index contributed by atoms with van der Waals surface area (Å²) < 4.78 is 15.9. The van der Waals surface area contributed by atoms with Crippen molar-refractivity contribution in [2.24, 2.45) is 0 Å². The van der Waals surface area contributed by atoms with Crippen LogP contribution in [0.2, 0.25) is 0 Å². The Kier molecular flexibility index (Phi) is 13.6. The molecule has 0 saturated carbocycles. The number of ether oxygens (including phenoxy) is 3. The van der Waals surface area contributed by atoms with E-state index in [1.807, 2.05) is 0 Å². The van der Waals surface area contributed by atoms with Gasteiger partial charge < -0.3 is 24.6 Å². The summed E-state index contributed by atoms with van der Waals surface area (Å²) in [6.45, 7) is 8.72. The van der Waals surface area contributed by atoms with Gasteiger partial charge in [-0.05, 0) is 39.2 Å². The van der Waals surface area contributed by atoms with E-state index in [2.05, 4.69) is 19.2 Å². The molecular formula is C15H33NO4. The minimum Gasteiger partial charge on any atom is -0.394 e. The van der Waals surface area contributed by atoms with Gasteiger partial charge in [0.1, 0.15) is 0 Å². The van der Waals surface area contributed by atoms with Crippen LogP contribution in [0.3, 0.4) is 0 Å². The number of aliphatic hydroxyl groups excluding tert-OH is 1. The molecule has 1 unspecified atom stereocenters. The number of hydrogen-bond donors (Lipinski definition) is 2. The summed E-state index contributed by atoms with van der Waals surface area (Å²) >= 11 is 0. The molecule has 0 amide bonds. The number of methoxy groups -OCH3 is 1. The van der Waals surface area contributed by atoms with Crippen LogP contribution < -0.4 is 5.32 Å². The van der Waals surface area contributed by atoms with Crippen LogP contribution in [0.15, 0.2) is 0 Å². The summed E-state index contributed by atoms with van der Waals surface area (Å²) in [5.74, 6) is 0. The van der Waals surface area contributed by atoms with Crippen LogP contribution in [0.1, 0.15) is 39.5 Å². The van der Waals surface area contributed by atoms with Crippen molar-refractivity contribution in [2.75, 3.05) is 53.3 Å². The highest BCUT2D eigenvalue weighted by Crippen LogP contribution is 2.11. The Morgan fingerprint density at radius 1 is 1.00 bits per heavy atom. The minimum absolute atomic E-state index is 0.162. The van der Waals surface area contributed by atoms with Crippen LogP contribution in [0.5, 0.6) is 0 Å². The third-order valence-electron chi connectivity index (χ3n) is 3.18. The van der Waals surface area contributed by atoms with E-state index in [0.29, 0.717) is 19.8 Å². The Hall–Kier alpha value is -0.200. The molecule has 20 heavy (non-hydrogen) atoms. The van der Waals surface area contributed by atoms with Crippen LogP contribution in [0.4, 0.5) is 0 Å². The Balaban J connectivity index is 3.37. The summed E-state index contributed by atoms with van der Waals surface area (Å²) in [6, 6.07) is 0. The molecule has 0 rings (SSSR count). The standard InChI is InChI=1S/C15H33NO4/c1-4-8-16-15(2,14-17)7-5-10-19-12-13-20-11-6-9-18-3/h16-17H,4-14H2,1-3H3. The molecular weight excluding hydrogens is 258 g/mol. The number of hydrogen-bond acceptors (Lipinski definition) is 5. The molecule has 0 fully saturated rings. The van der Waals surface area contributed by atoms with E-state index in [4.69, 9.17) is 14.2 Å². The zero-order chi connectivity index (χ0) is 15.1. The highest BCUT2D eigenvalue weighted by Gasteiger charge is 2.21. The predicted molar refractivity (Wildman–Crippen MR) is 81.1 cm³/mol. The molecule has 0 radical (unpaired) electrons. The van der Waals surface area contributed by atoms with Crippen molar-refractivity contribution in [3.63, 3.8) is 0 Å². The second-order valence-electron chi connectivity index (χ2n) is 5.32. The molecule has 5 heteroatoms. The molecule has 0 aliphatic rings. The van der Waals surface area contributed by atoms with Gasteiger partial charge in [-0.25, -0.2) is 0 Å². The van der Waals surface area contributed by atoms with E-state index < -0.39 is 0 Å². The summed E-state index contributed by atoms with van der Waals surface area (Å²) in [7, 11) is 1.69. The predicted octanol–water partition coefficient (Wildman–Crippen LogP) is 1.59. The maximum Gasteiger partial charge on any atom is 0.0700 e. The number of nitrogens with one attached hydrogen (secondary N) is 1. The first-order chi connectivity index (χ1) is 9.68. The molecule has 0 heterocycles. The van der Waals surface area contributed by atoms with E-state index in [9.17, 15) is 5.11 Å². The monoisotopic (exact) mass is 291 g/mol. The first-order valence-corrected chi connectivity index (χ1v) is 7.69. The van der Waals surface area contributed by atoms with Crippen molar-refractivity contribution in [1.82, 2.24) is 5.32 Å². The fraction of sp³-hybridized carbons (Fsp3) is 1.00. The fourth-order valence-corrected chi connectivity index (χ4v) is 1.84. The number of rotatable bonds is 15. The number of aliphatic hydroxyl groups is 1. The second-order valence-corrected chi connectivity index (χ2v) is 5.32. The molecule has 0 aromatic heterocycles. The van der Waals surface area contributed by atoms with Gasteiger partial charge in [-0.2, -0.15) is 0 Å². The zero-order valence-corrected chi connectivity index (χ0v) is 13.5. The molecule has 0 saturated heterocycles. The Morgan fingerprint density at radius 2 is 1.65 bits per heavy atom. The molecule has 0 aromatic rings. The zero-order valence-electron chi connectivity index (χ0n) is 13.5. The van der Waals surface area contributed by atoms with Gasteiger partial charge in [-0.3, -0.25) is 0 Å². The van der Waals surface area contributed by atoms with E-state index in [1.165, 1.54) is 0 Å². The highest BCUT2D eigenvalue weighted by molar-refractivity contribution is 4.81. The van der Waals surface area contributed by atoms with Gasteiger partial charge >= 0.3 is 0 Å². The Labute approximate surface area is 124 Å². The average Bonchev–Trinajstić information content (AvgIpc) is 2.47. The molecule has 0 aromatic carbocycles. The maximum absolute atomic E-state index is 9.42. The second kappa shape index (κ2) is 13.8. The highest BCUT2D eigenvalue weighted by atomic mass is 16.5. The summed E-state index contributed by atoms with van der Waals surface area (Å²) in [5.41, 5.74) is -0.185. The molecule has 1 atom stereocenters. The van der Waals surface area contributed by atoms with Crippen molar-refractivity contribution in [3.05, 3.63) is 0 Å². The average molecular weight is 291 g/mol. The first-order valence-electron chi connectivity index (χ1n) is 7.69. The van der Waals surface area contributed by atoms with Crippen LogP contribution >= 0.6 is 0 Å². The quantitative estimate of drug-likeness (QED) is 0.449. The third-order valence-corrected chi connectivity index (χ3v) is 3.18. The van der Waals surface area contributed by atoms with E-state index in [0.717, 1.165) is 45.4 Å². The van der Waals surface area contributed by atoms with Crippen molar-refractivity contribution >= 4 is 0 Å². The van der Waals surface area contributed by atoms with Crippen LogP contribution in [0, 0.1) is 0 Å². The lowest BCUT2D eigenvalue weighted by Gasteiger charge is -2.28. The van der Waals surface area contributed by atoms with Gasteiger partial charge in [0.05, 0.1) is 19.8 Å². The molecule has 0 aliphatic carbocycles. The Bertz CT molecular complexity index is 204. The van der Waals surface area contributed by atoms with Gasteiger partial charge in [0.15, 0.2) is 0 Å². The van der Waals surface area contributed by atoms with E-state index in [-0.39, 0.29) is 12.1 Å². The topological polar surface area (TPSA) is 60.0 Å². The summed E-state index contributed by atoms with van der Waals surface area (Å²) in [6.07, 6.45) is 3.86. The summed E-state index contributed by atoms with van der Waals surface area (Å²) in [4.78, 5) is 0. The van der Waals surface area contributed by atoms with Crippen molar-refractivity contribution in [1.29, 1.82) is 0 Å². The SMILES string of the molecule is CCCNC(C)(CO)CCCOCCOCCCOC. The van der Waals surface area contributed by atoms with Crippen molar-refractivity contribution in [2.45, 2.75) is 45.1 Å². The van der Waals surface area contributed by atoms with Crippen LogP contribution in [-0.4, -0.2) is 63.9 Å². The van der Waals surface area contributed by atoms with Gasteiger partial charge in [-0.15, -0.1) is 0 Å². The van der Waals surface area contributed by atoms with Crippen molar-refractivity contribution < 1.29 is 19.3 Å². The third kappa shape index (κ3) is 11.6. The lowest BCUT2D eigenvalue weighted by atomic mass is 9.97. The van der Waals surface area contributed by atoms with E-state index >= 15 is 0 Å². The summed E-state index contributed by atoms with van der Waals surface area (Å²) in [5, 5.41) is 12.8. The van der Waals surface area contributed by atoms with Gasteiger partial charge in [-0.1, -0.05) is 6.92 Å². The lowest BCUT2D eigenvalue weighted by Crippen LogP contribution is -2.46. The Morgan fingerprint density at radius 3 is 2.20 bits per heavy atom. The van der Waals surface area contributed by atoms with Crippen LogP contribution in [-0.2, 0) is 14.2 Å². The molecule has 0 bridgehead atoms. The van der Waals surface area contributed by atoms with Gasteiger partial charge in [0.2, 0.25) is 0 Å². The normalized spacial score (nSPS) is 14.4.